The number of guanidine groups is 1. The van der Waals surface area contributed by atoms with Crippen LogP contribution in [0.4, 0.5) is 0 Å². The zero-order valence-electron chi connectivity index (χ0n) is 9.34. The Morgan fingerprint density at radius 1 is 1.40 bits per heavy atom. The van der Waals surface area contributed by atoms with Gasteiger partial charge in [0, 0.05) is 19.0 Å². The summed E-state index contributed by atoms with van der Waals surface area (Å²) in [5, 5.41) is 3.26. The van der Waals surface area contributed by atoms with Crippen LogP contribution in [0.25, 0.3) is 0 Å². The van der Waals surface area contributed by atoms with E-state index < -0.39 is 0 Å². The van der Waals surface area contributed by atoms with Gasteiger partial charge >= 0.3 is 0 Å². The van der Waals surface area contributed by atoms with Crippen LogP contribution in [0.5, 0.6) is 0 Å². The molecule has 1 aliphatic carbocycles. The molecule has 84 valence electrons. The first kappa shape index (κ1) is 11.9. The molecule has 0 atom stereocenters. The van der Waals surface area contributed by atoms with Crippen LogP contribution in [-0.4, -0.2) is 18.5 Å². The fraction of sp³-hybridized carbons (Fsp3) is 0.750. The van der Waals surface area contributed by atoms with Crippen molar-refractivity contribution in [3.05, 3.63) is 0 Å². The number of rotatable bonds is 5. The van der Waals surface area contributed by atoms with Gasteiger partial charge in [-0.1, -0.05) is 12.8 Å². The van der Waals surface area contributed by atoms with Gasteiger partial charge in [-0.2, -0.15) is 0 Å². The van der Waals surface area contributed by atoms with Crippen LogP contribution in [0.3, 0.4) is 0 Å². The van der Waals surface area contributed by atoms with Crippen molar-refractivity contribution in [2.75, 3.05) is 6.54 Å². The van der Waals surface area contributed by atoms with Crippen molar-refractivity contribution in [2.45, 2.75) is 51.0 Å². The first-order chi connectivity index (χ1) is 7.33. The normalized spacial score (nSPS) is 17.7. The van der Waals surface area contributed by atoms with Crippen molar-refractivity contribution in [1.82, 2.24) is 5.32 Å². The topological polar surface area (TPSA) is 50.4 Å². The minimum absolute atomic E-state index is 0.555. The average Bonchev–Trinajstić information content (AvgIpc) is 2.70. The van der Waals surface area contributed by atoms with Gasteiger partial charge in [0.25, 0.3) is 0 Å². The molecule has 3 N–H and O–H groups in total. The van der Waals surface area contributed by atoms with E-state index in [1.54, 1.807) is 0 Å². The van der Waals surface area contributed by atoms with E-state index in [-0.39, 0.29) is 0 Å². The Kier molecular flexibility index (Phi) is 5.69. The predicted octanol–water partition coefficient (Wildman–Crippen LogP) is 1.64. The summed E-state index contributed by atoms with van der Waals surface area (Å²) in [5.41, 5.74) is 5.77. The molecule has 15 heavy (non-hydrogen) atoms. The number of terminal acetylenes is 1. The highest BCUT2D eigenvalue weighted by atomic mass is 15.1. The molecule has 1 saturated carbocycles. The number of hydrogen-bond donors (Lipinski definition) is 2. The van der Waals surface area contributed by atoms with Crippen LogP contribution in [0.15, 0.2) is 4.99 Å². The first-order valence-electron chi connectivity index (χ1n) is 5.83. The number of nitrogens with one attached hydrogen (secondary N) is 1. The van der Waals surface area contributed by atoms with E-state index in [0.29, 0.717) is 12.0 Å². The molecule has 0 unspecified atom stereocenters. The third-order valence-corrected chi connectivity index (χ3v) is 2.72. The van der Waals surface area contributed by atoms with Gasteiger partial charge in [0.15, 0.2) is 5.96 Å². The maximum Gasteiger partial charge on any atom is 0.188 e. The molecule has 3 heteroatoms. The number of unbranched alkanes of at least 4 members (excludes halogenated alkanes) is 2. The van der Waals surface area contributed by atoms with Crippen LogP contribution < -0.4 is 11.1 Å². The van der Waals surface area contributed by atoms with Gasteiger partial charge in [0.1, 0.15) is 0 Å². The van der Waals surface area contributed by atoms with Crippen LogP contribution >= 0.6 is 0 Å². The fourth-order valence-corrected chi connectivity index (χ4v) is 1.86. The second kappa shape index (κ2) is 7.17. The fourth-order valence-electron chi connectivity index (χ4n) is 1.86. The molecule has 1 fully saturated rings. The minimum Gasteiger partial charge on any atom is -0.370 e. The van der Waals surface area contributed by atoms with E-state index in [2.05, 4.69) is 16.2 Å². The summed E-state index contributed by atoms with van der Waals surface area (Å²) in [6.45, 7) is 0.785. The Hall–Kier alpha value is -1.17. The molecular formula is C12H21N3. The summed E-state index contributed by atoms with van der Waals surface area (Å²) >= 11 is 0. The zero-order chi connectivity index (χ0) is 10.9. The summed E-state index contributed by atoms with van der Waals surface area (Å²) in [6.07, 6.45) is 13.1. The predicted molar refractivity (Wildman–Crippen MR) is 64.6 cm³/mol. The van der Waals surface area contributed by atoms with Crippen LogP contribution in [0.1, 0.15) is 44.9 Å². The highest BCUT2D eigenvalue weighted by Crippen LogP contribution is 2.17. The standard InChI is InChI=1S/C12H21N3/c1-2-3-4-7-10-14-12(13)15-11-8-5-6-9-11/h1,11H,3-10H2,(H3,13,14,15). The third-order valence-electron chi connectivity index (χ3n) is 2.72. The van der Waals surface area contributed by atoms with E-state index >= 15 is 0 Å². The highest BCUT2D eigenvalue weighted by Gasteiger charge is 2.14. The molecule has 0 aromatic rings. The lowest BCUT2D eigenvalue weighted by molar-refractivity contribution is 0.624. The van der Waals surface area contributed by atoms with Crippen LogP contribution in [0, 0.1) is 12.3 Å². The van der Waals surface area contributed by atoms with Gasteiger partial charge in [-0.05, 0) is 25.7 Å². The lowest BCUT2D eigenvalue weighted by atomic mass is 10.2. The molecule has 3 nitrogen and oxygen atoms in total. The summed E-state index contributed by atoms with van der Waals surface area (Å²) in [7, 11) is 0. The largest absolute Gasteiger partial charge is 0.370 e. The Morgan fingerprint density at radius 3 is 2.80 bits per heavy atom. The van der Waals surface area contributed by atoms with E-state index in [1.807, 2.05) is 0 Å². The monoisotopic (exact) mass is 207 g/mol. The molecular weight excluding hydrogens is 186 g/mol. The number of nitrogens with zero attached hydrogens (tertiary/aromatic N) is 1. The maximum absolute atomic E-state index is 5.77. The quantitative estimate of drug-likeness (QED) is 0.311. The van der Waals surface area contributed by atoms with Gasteiger partial charge in [-0.25, -0.2) is 0 Å². The van der Waals surface area contributed by atoms with Crippen molar-refractivity contribution in [3.63, 3.8) is 0 Å². The SMILES string of the molecule is C#CCCCCN=C(N)NC1CCCC1. The maximum atomic E-state index is 5.77. The van der Waals surface area contributed by atoms with E-state index in [1.165, 1.54) is 25.7 Å². The van der Waals surface area contributed by atoms with Crippen molar-refractivity contribution < 1.29 is 0 Å². The Morgan fingerprint density at radius 2 is 2.13 bits per heavy atom. The number of hydrogen-bond acceptors (Lipinski definition) is 1. The summed E-state index contributed by atoms with van der Waals surface area (Å²) in [5.74, 6) is 3.22. The Balaban J connectivity index is 2.07. The molecule has 0 amide bonds. The summed E-state index contributed by atoms with van der Waals surface area (Å²) in [4.78, 5) is 4.27. The molecule has 0 saturated heterocycles. The molecule has 0 bridgehead atoms. The Bertz CT molecular complexity index is 234. The van der Waals surface area contributed by atoms with Crippen molar-refractivity contribution in [1.29, 1.82) is 0 Å². The lowest BCUT2D eigenvalue weighted by Crippen LogP contribution is -2.38. The van der Waals surface area contributed by atoms with Crippen LogP contribution in [-0.2, 0) is 0 Å². The van der Waals surface area contributed by atoms with Crippen LogP contribution in [0.2, 0.25) is 0 Å². The lowest BCUT2D eigenvalue weighted by Gasteiger charge is -2.11. The Labute approximate surface area is 92.5 Å². The van der Waals surface area contributed by atoms with Gasteiger partial charge in [-0.15, -0.1) is 12.3 Å². The van der Waals surface area contributed by atoms with Gasteiger partial charge in [0.2, 0.25) is 0 Å². The molecule has 0 aliphatic heterocycles. The molecule has 0 aromatic heterocycles. The average molecular weight is 207 g/mol. The molecule has 1 rings (SSSR count). The van der Waals surface area contributed by atoms with Gasteiger partial charge < -0.3 is 11.1 Å². The van der Waals surface area contributed by atoms with Gasteiger partial charge in [0.05, 0.1) is 0 Å². The van der Waals surface area contributed by atoms with Crippen molar-refractivity contribution in [3.8, 4) is 12.3 Å². The highest BCUT2D eigenvalue weighted by molar-refractivity contribution is 5.78. The first-order valence-corrected chi connectivity index (χ1v) is 5.83. The molecule has 1 aliphatic rings. The number of aliphatic imine (C=N–C) groups is 1. The zero-order valence-corrected chi connectivity index (χ0v) is 9.34. The molecule has 0 aromatic carbocycles. The molecule has 0 radical (unpaired) electrons. The van der Waals surface area contributed by atoms with Gasteiger partial charge in [-0.3, -0.25) is 4.99 Å². The molecule has 0 spiro atoms. The smallest absolute Gasteiger partial charge is 0.188 e. The second-order valence-corrected chi connectivity index (χ2v) is 4.05. The second-order valence-electron chi connectivity index (χ2n) is 4.05. The van der Waals surface area contributed by atoms with Crippen molar-refractivity contribution >= 4 is 5.96 Å². The summed E-state index contributed by atoms with van der Waals surface area (Å²) in [6, 6.07) is 0.555. The van der Waals surface area contributed by atoms with Crippen molar-refractivity contribution in [2.24, 2.45) is 10.7 Å². The van der Waals surface area contributed by atoms with E-state index in [4.69, 9.17) is 12.2 Å². The molecule has 0 heterocycles. The van der Waals surface area contributed by atoms with E-state index in [9.17, 15) is 0 Å². The summed E-state index contributed by atoms with van der Waals surface area (Å²) < 4.78 is 0. The third kappa shape index (κ3) is 5.31. The minimum atomic E-state index is 0.555. The number of nitrogens with two attached hydrogens (primary N) is 1. The van der Waals surface area contributed by atoms with E-state index in [0.717, 1.165) is 25.8 Å².